The molecule has 0 saturated heterocycles. The number of para-hydroxylation sites is 2. The van der Waals surface area contributed by atoms with Gasteiger partial charge < -0.3 is 9.47 Å². The van der Waals surface area contributed by atoms with E-state index in [1.807, 2.05) is 12.1 Å². The SMILES string of the molecule is C=Cc1ccccc1OC(=O)c1cccc(C(=O)Oc2ccccc2C=C)c1. The lowest BCUT2D eigenvalue weighted by Crippen LogP contribution is -2.13. The van der Waals surface area contributed by atoms with Gasteiger partial charge in [-0.05, 0) is 30.3 Å². The number of hydrogen-bond donors (Lipinski definition) is 0. The number of hydrogen-bond acceptors (Lipinski definition) is 4. The summed E-state index contributed by atoms with van der Waals surface area (Å²) >= 11 is 0. The van der Waals surface area contributed by atoms with Crippen LogP contribution < -0.4 is 9.47 Å². The van der Waals surface area contributed by atoms with E-state index in [0.29, 0.717) is 22.6 Å². The van der Waals surface area contributed by atoms with Gasteiger partial charge in [-0.2, -0.15) is 0 Å². The van der Waals surface area contributed by atoms with E-state index >= 15 is 0 Å². The van der Waals surface area contributed by atoms with Gasteiger partial charge >= 0.3 is 11.9 Å². The Balaban J connectivity index is 1.79. The Labute approximate surface area is 163 Å². The van der Waals surface area contributed by atoms with Crippen LogP contribution in [-0.4, -0.2) is 11.9 Å². The fourth-order valence-electron chi connectivity index (χ4n) is 2.57. The molecule has 0 fully saturated rings. The molecule has 0 N–H and O–H groups in total. The molecule has 3 aromatic carbocycles. The van der Waals surface area contributed by atoms with Gasteiger partial charge in [0.1, 0.15) is 11.5 Å². The average Bonchev–Trinajstić information content (AvgIpc) is 2.74. The Morgan fingerprint density at radius 3 is 1.50 bits per heavy atom. The summed E-state index contributed by atoms with van der Waals surface area (Å²) < 4.78 is 10.9. The van der Waals surface area contributed by atoms with Crippen molar-refractivity contribution in [3.63, 3.8) is 0 Å². The van der Waals surface area contributed by atoms with Crippen molar-refractivity contribution in [1.29, 1.82) is 0 Å². The van der Waals surface area contributed by atoms with E-state index in [-0.39, 0.29) is 11.1 Å². The summed E-state index contributed by atoms with van der Waals surface area (Å²) in [5.74, 6) is -0.350. The molecule has 3 rings (SSSR count). The third-order valence-electron chi connectivity index (χ3n) is 4.02. The quantitative estimate of drug-likeness (QED) is 0.430. The standard InChI is InChI=1S/C24H18O4/c1-3-17-10-5-7-14-21(17)27-23(25)19-12-9-13-20(16-19)24(26)28-22-15-8-6-11-18(22)4-2/h3-16H,1-2H2. The molecule has 0 amide bonds. The van der Waals surface area contributed by atoms with E-state index in [4.69, 9.17) is 9.47 Å². The van der Waals surface area contributed by atoms with E-state index in [2.05, 4.69) is 13.2 Å². The molecule has 0 aliphatic carbocycles. The fraction of sp³-hybridized carbons (Fsp3) is 0. The molecule has 0 heterocycles. The van der Waals surface area contributed by atoms with Gasteiger partial charge in [0.2, 0.25) is 0 Å². The average molecular weight is 370 g/mol. The van der Waals surface area contributed by atoms with Gasteiger partial charge in [0.05, 0.1) is 11.1 Å². The Morgan fingerprint density at radius 1 is 0.643 bits per heavy atom. The minimum Gasteiger partial charge on any atom is -0.422 e. The summed E-state index contributed by atoms with van der Waals surface area (Å²) in [6.45, 7) is 7.41. The first kappa shape index (κ1) is 18.9. The number of ether oxygens (including phenoxy) is 2. The van der Waals surface area contributed by atoms with Crippen LogP contribution in [-0.2, 0) is 0 Å². The number of carbonyl (C=O) groups excluding carboxylic acids is 2. The largest absolute Gasteiger partial charge is 0.422 e. The second kappa shape index (κ2) is 8.64. The first-order valence-electron chi connectivity index (χ1n) is 8.59. The Kier molecular flexibility index (Phi) is 5.82. The van der Waals surface area contributed by atoms with Gasteiger partial charge in [-0.1, -0.05) is 67.8 Å². The normalized spacial score (nSPS) is 10.0. The monoisotopic (exact) mass is 370 g/mol. The van der Waals surface area contributed by atoms with Crippen molar-refractivity contribution in [2.24, 2.45) is 0 Å². The van der Waals surface area contributed by atoms with Crippen LogP contribution in [0, 0.1) is 0 Å². The van der Waals surface area contributed by atoms with Crippen LogP contribution >= 0.6 is 0 Å². The van der Waals surface area contributed by atoms with Crippen LogP contribution in [0.3, 0.4) is 0 Å². The molecule has 4 nitrogen and oxygen atoms in total. The Bertz CT molecular complexity index is 969. The van der Waals surface area contributed by atoms with Crippen LogP contribution in [0.1, 0.15) is 31.8 Å². The van der Waals surface area contributed by atoms with E-state index in [1.54, 1.807) is 66.7 Å². The predicted octanol–water partition coefficient (Wildman–Crippen LogP) is 5.41. The Morgan fingerprint density at radius 2 is 1.07 bits per heavy atom. The van der Waals surface area contributed by atoms with Crippen molar-refractivity contribution < 1.29 is 19.1 Å². The molecule has 0 radical (unpaired) electrons. The second-order valence-electron chi connectivity index (χ2n) is 5.84. The van der Waals surface area contributed by atoms with E-state index in [9.17, 15) is 9.59 Å². The van der Waals surface area contributed by atoms with Gasteiger partial charge in [0, 0.05) is 11.1 Å². The molecule has 0 bridgehead atoms. The van der Waals surface area contributed by atoms with Crippen LogP contribution in [0.2, 0.25) is 0 Å². The molecule has 4 heteroatoms. The zero-order chi connectivity index (χ0) is 19.9. The second-order valence-corrected chi connectivity index (χ2v) is 5.84. The van der Waals surface area contributed by atoms with Gasteiger partial charge in [0.25, 0.3) is 0 Å². The van der Waals surface area contributed by atoms with E-state index in [1.165, 1.54) is 6.07 Å². The summed E-state index contributed by atoms with van der Waals surface area (Å²) in [6.07, 6.45) is 3.21. The van der Waals surface area contributed by atoms with Crippen LogP contribution in [0.15, 0.2) is 86.0 Å². The summed E-state index contributed by atoms with van der Waals surface area (Å²) in [7, 11) is 0. The maximum Gasteiger partial charge on any atom is 0.343 e. The molecule has 0 atom stereocenters. The molecule has 28 heavy (non-hydrogen) atoms. The summed E-state index contributed by atoms with van der Waals surface area (Å²) in [5, 5.41) is 0. The Hall–Kier alpha value is -3.92. The van der Waals surface area contributed by atoms with Gasteiger partial charge in [-0.3, -0.25) is 0 Å². The highest BCUT2D eigenvalue weighted by Gasteiger charge is 2.15. The van der Waals surface area contributed by atoms with Crippen LogP contribution in [0.5, 0.6) is 11.5 Å². The highest BCUT2D eigenvalue weighted by molar-refractivity contribution is 5.97. The van der Waals surface area contributed by atoms with E-state index in [0.717, 1.165) is 0 Å². The highest BCUT2D eigenvalue weighted by Crippen LogP contribution is 2.22. The molecule has 0 aromatic heterocycles. The van der Waals surface area contributed by atoms with Crippen molar-refractivity contribution in [1.82, 2.24) is 0 Å². The molecule has 0 aliphatic heterocycles. The fourth-order valence-corrected chi connectivity index (χ4v) is 2.57. The number of benzene rings is 3. The van der Waals surface area contributed by atoms with Crippen molar-refractivity contribution >= 4 is 24.1 Å². The minimum absolute atomic E-state index is 0.241. The van der Waals surface area contributed by atoms with Gasteiger partial charge in [-0.15, -0.1) is 0 Å². The predicted molar refractivity (Wildman–Crippen MR) is 109 cm³/mol. The minimum atomic E-state index is -0.574. The summed E-state index contributed by atoms with van der Waals surface area (Å²) in [6, 6.07) is 20.3. The lowest BCUT2D eigenvalue weighted by atomic mass is 10.1. The molecule has 0 spiro atoms. The third kappa shape index (κ3) is 4.24. The maximum absolute atomic E-state index is 12.5. The molecule has 3 aromatic rings. The van der Waals surface area contributed by atoms with Crippen molar-refractivity contribution in [3.8, 4) is 11.5 Å². The van der Waals surface area contributed by atoms with Gasteiger partial charge in [0.15, 0.2) is 0 Å². The molecule has 0 aliphatic rings. The third-order valence-corrected chi connectivity index (χ3v) is 4.02. The lowest BCUT2D eigenvalue weighted by Gasteiger charge is -2.09. The van der Waals surface area contributed by atoms with Gasteiger partial charge in [-0.25, -0.2) is 9.59 Å². The summed E-state index contributed by atoms with van der Waals surface area (Å²) in [5.41, 5.74) is 1.88. The van der Waals surface area contributed by atoms with Crippen LogP contribution in [0.25, 0.3) is 12.2 Å². The highest BCUT2D eigenvalue weighted by atomic mass is 16.5. The lowest BCUT2D eigenvalue weighted by molar-refractivity contribution is 0.0734. The topological polar surface area (TPSA) is 52.6 Å². The smallest absolute Gasteiger partial charge is 0.343 e. The zero-order valence-electron chi connectivity index (χ0n) is 15.1. The number of carbonyl (C=O) groups is 2. The summed E-state index contributed by atoms with van der Waals surface area (Å²) in [4.78, 5) is 25.0. The molecule has 0 unspecified atom stereocenters. The molecule has 138 valence electrons. The molecular weight excluding hydrogens is 352 g/mol. The molecular formula is C24H18O4. The van der Waals surface area contributed by atoms with Crippen molar-refractivity contribution in [2.75, 3.05) is 0 Å². The first-order chi connectivity index (χ1) is 13.6. The molecule has 0 saturated carbocycles. The van der Waals surface area contributed by atoms with Crippen molar-refractivity contribution in [3.05, 3.63) is 108 Å². The van der Waals surface area contributed by atoms with Crippen molar-refractivity contribution in [2.45, 2.75) is 0 Å². The first-order valence-corrected chi connectivity index (χ1v) is 8.59. The zero-order valence-corrected chi connectivity index (χ0v) is 15.1. The maximum atomic E-state index is 12.5. The number of esters is 2. The van der Waals surface area contributed by atoms with E-state index < -0.39 is 11.9 Å². The number of rotatable bonds is 6. The van der Waals surface area contributed by atoms with Crippen LogP contribution in [0.4, 0.5) is 0 Å².